The molecule has 0 aliphatic heterocycles. The van der Waals surface area contributed by atoms with Gasteiger partial charge in [0.05, 0.1) is 18.6 Å². The normalized spacial score (nSPS) is 13.9. The highest BCUT2D eigenvalue weighted by Gasteiger charge is 2.16. The van der Waals surface area contributed by atoms with Crippen LogP contribution in [0.15, 0.2) is 97.1 Å². The molecule has 0 unspecified atom stereocenters. The first-order valence-corrected chi connectivity index (χ1v) is 16.6. The molecule has 0 heterocycles. The average molecular weight is 585 g/mol. The first kappa shape index (κ1) is 29.5. The molecule has 1 aliphatic rings. The van der Waals surface area contributed by atoms with Crippen molar-refractivity contribution in [3.05, 3.63) is 114 Å². The molecule has 1 aliphatic carbocycles. The van der Waals surface area contributed by atoms with Gasteiger partial charge in [0.15, 0.2) is 0 Å². The highest BCUT2D eigenvalue weighted by Crippen LogP contribution is 2.31. The van der Waals surface area contributed by atoms with Gasteiger partial charge in [-0.2, -0.15) is 0 Å². The summed E-state index contributed by atoms with van der Waals surface area (Å²) in [4.78, 5) is 2.26. The molecule has 0 aromatic heterocycles. The minimum absolute atomic E-state index is 0.585. The molecule has 0 radical (unpaired) electrons. The van der Waals surface area contributed by atoms with Crippen molar-refractivity contribution in [2.75, 3.05) is 22.5 Å². The van der Waals surface area contributed by atoms with Gasteiger partial charge in [0.2, 0.25) is 10.0 Å². The van der Waals surface area contributed by atoms with E-state index in [0.29, 0.717) is 24.7 Å². The second-order valence-electron chi connectivity index (χ2n) is 11.2. The van der Waals surface area contributed by atoms with Gasteiger partial charge in [-0.05, 0) is 78.8 Å². The van der Waals surface area contributed by atoms with E-state index in [1.165, 1.54) is 43.9 Å². The number of hydrogen-bond acceptors (Lipinski definition) is 5. The van der Waals surface area contributed by atoms with Crippen LogP contribution >= 0.6 is 0 Å². The lowest BCUT2D eigenvalue weighted by molar-refractivity contribution is 0.208. The number of benzene rings is 4. The standard InChI is InChI=1S/C35H40N2O4S/c1-27-34(36-42(2,38)39)17-10-18-35(27)37(24-28-11-5-3-6-12-28)25-29-19-21-31(22-20-29)41-33-16-9-15-32(23-33)40-26-30-13-7-4-8-14-30/h3,5-6,9-12,15-23,30,36H,4,7-8,13-14,24-26H2,1-2H3. The fourth-order valence-corrected chi connectivity index (χ4v) is 6.14. The summed E-state index contributed by atoms with van der Waals surface area (Å²) in [5, 5.41) is 0. The molecular formula is C35H40N2O4S. The van der Waals surface area contributed by atoms with E-state index in [4.69, 9.17) is 9.47 Å². The number of hydrogen-bond donors (Lipinski definition) is 1. The SMILES string of the molecule is Cc1c(NS(C)(=O)=O)cccc1N(Cc1ccccc1)Cc1ccc(Oc2cccc(OCC3CCCCC3)c2)cc1. The van der Waals surface area contributed by atoms with Gasteiger partial charge in [0, 0.05) is 24.8 Å². The molecule has 220 valence electrons. The molecular weight excluding hydrogens is 544 g/mol. The van der Waals surface area contributed by atoms with E-state index in [1.54, 1.807) is 6.07 Å². The molecule has 0 amide bonds. The number of nitrogens with zero attached hydrogens (tertiary/aromatic N) is 1. The number of rotatable bonds is 12. The number of sulfonamides is 1. The van der Waals surface area contributed by atoms with E-state index in [2.05, 4.69) is 33.9 Å². The van der Waals surface area contributed by atoms with Crippen LogP contribution in [0.2, 0.25) is 0 Å². The molecule has 0 saturated heterocycles. The van der Waals surface area contributed by atoms with Crippen molar-refractivity contribution >= 4 is 21.4 Å². The van der Waals surface area contributed by atoms with Gasteiger partial charge in [-0.15, -0.1) is 0 Å². The molecule has 6 nitrogen and oxygen atoms in total. The molecule has 4 aromatic rings. The van der Waals surface area contributed by atoms with E-state index in [-0.39, 0.29) is 0 Å². The third kappa shape index (κ3) is 8.52. The zero-order chi connectivity index (χ0) is 29.4. The Balaban J connectivity index is 1.29. The lowest BCUT2D eigenvalue weighted by Crippen LogP contribution is -2.23. The number of anilines is 2. The third-order valence-electron chi connectivity index (χ3n) is 7.71. The van der Waals surface area contributed by atoms with Crippen molar-refractivity contribution < 1.29 is 17.9 Å². The predicted molar refractivity (Wildman–Crippen MR) is 171 cm³/mol. The Morgan fingerprint density at radius 1 is 0.762 bits per heavy atom. The zero-order valence-corrected chi connectivity index (χ0v) is 25.3. The van der Waals surface area contributed by atoms with Crippen LogP contribution in [0.4, 0.5) is 11.4 Å². The van der Waals surface area contributed by atoms with Gasteiger partial charge in [0.1, 0.15) is 17.2 Å². The summed E-state index contributed by atoms with van der Waals surface area (Å²) < 4.78 is 38.8. The van der Waals surface area contributed by atoms with Crippen molar-refractivity contribution in [3.63, 3.8) is 0 Å². The van der Waals surface area contributed by atoms with Crippen LogP contribution in [0.1, 0.15) is 48.8 Å². The summed E-state index contributed by atoms with van der Waals surface area (Å²) in [6.45, 7) is 4.04. The molecule has 0 spiro atoms. The van der Waals surface area contributed by atoms with Crippen molar-refractivity contribution in [1.29, 1.82) is 0 Å². The topological polar surface area (TPSA) is 67.9 Å². The highest BCUT2D eigenvalue weighted by atomic mass is 32.2. The van der Waals surface area contributed by atoms with Crippen LogP contribution in [0.3, 0.4) is 0 Å². The van der Waals surface area contributed by atoms with Crippen molar-refractivity contribution in [2.45, 2.75) is 52.1 Å². The zero-order valence-electron chi connectivity index (χ0n) is 24.5. The molecule has 42 heavy (non-hydrogen) atoms. The monoisotopic (exact) mass is 584 g/mol. The minimum atomic E-state index is -3.39. The Morgan fingerprint density at radius 2 is 1.43 bits per heavy atom. The van der Waals surface area contributed by atoms with Gasteiger partial charge in [0.25, 0.3) is 0 Å². The first-order valence-electron chi connectivity index (χ1n) is 14.7. The quantitative estimate of drug-likeness (QED) is 0.181. The summed E-state index contributed by atoms with van der Waals surface area (Å²) >= 11 is 0. The Labute approximate surface area is 250 Å². The number of nitrogens with one attached hydrogen (secondary N) is 1. The highest BCUT2D eigenvalue weighted by molar-refractivity contribution is 7.92. The Hall–Kier alpha value is -3.97. The fourth-order valence-electron chi connectivity index (χ4n) is 5.52. The van der Waals surface area contributed by atoms with Crippen LogP contribution in [0, 0.1) is 12.8 Å². The van der Waals surface area contributed by atoms with Crippen LogP contribution in [-0.2, 0) is 23.1 Å². The molecule has 1 saturated carbocycles. The summed E-state index contributed by atoms with van der Waals surface area (Å²) in [6.07, 6.45) is 7.65. The smallest absolute Gasteiger partial charge is 0.229 e. The maximum absolute atomic E-state index is 12.0. The molecule has 5 rings (SSSR count). The van der Waals surface area contributed by atoms with E-state index >= 15 is 0 Å². The van der Waals surface area contributed by atoms with Gasteiger partial charge < -0.3 is 14.4 Å². The summed E-state index contributed by atoms with van der Waals surface area (Å²) in [6, 6.07) is 32.0. The van der Waals surface area contributed by atoms with Gasteiger partial charge in [-0.1, -0.05) is 73.9 Å². The Kier molecular flexibility index (Phi) is 9.70. The number of ether oxygens (including phenoxy) is 2. The first-order chi connectivity index (χ1) is 20.3. The second kappa shape index (κ2) is 13.8. The van der Waals surface area contributed by atoms with Crippen LogP contribution in [0.5, 0.6) is 17.2 Å². The van der Waals surface area contributed by atoms with Crippen molar-refractivity contribution in [3.8, 4) is 17.2 Å². The second-order valence-corrected chi connectivity index (χ2v) is 12.9. The lowest BCUT2D eigenvalue weighted by Gasteiger charge is -2.28. The van der Waals surface area contributed by atoms with Crippen molar-refractivity contribution in [1.82, 2.24) is 0 Å². The molecule has 4 aromatic carbocycles. The average Bonchev–Trinajstić information content (AvgIpc) is 2.98. The largest absolute Gasteiger partial charge is 0.493 e. The Bertz CT molecular complexity index is 1550. The van der Waals surface area contributed by atoms with E-state index < -0.39 is 10.0 Å². The predicted octanol–water partition coefficient (Wildman–Crippen LogP) is 8.32. The minimum Gasteiger partial charge on any atom is -0.493 e. The van der Waals surface area contributed by atoms with Gasteiger partial charge in [-0.25, -0.2) is 8.42 Å². The van der Waals surface area contributed by atoms with Crippen molar-refractivity contribution in [2.24, 2.45) is 5.92 Å². The maximum Gasteiger partial charge on any atom is 0.229 e. The molecule has 0 atom stereocenters. The van der Waals surface area contributed by atoms with E-state index in [9.17, 15) is 8.42 Å². The summed E-state index contributed by atoms with van der Waals surface area (Å²) in [5.74, 6) is 3.00. The maximum atomic E-state index is 12.0. The van der Waals surface area contributed by atoms with Gasteiger partial charge >= 0.3 is 0 Å². The molecule has 7 heteroatoms. The lowest BCUT2D eigenvalue weighted by atomic mass is 9.90. The molecule has 1 fully saturated rings. The van der Waals surface area contributed by atoms with Crippen LogP contribution in [0.25, 0.3) is 0 Å². The van der Waals surface area contributed by atoms with Crippen LogP contribution < -0.4 is 19.1 Å². The van der Waals surface area contributed by atoms with E-state index in [0.717, 1.165) is 40.7 Å². The molecule has 1 N–H and O–H groups in total. The molecule has 0 bridgehead atoms. The fraction of sp³-hybridized carbons (Fsp3) is 0.314. The Morgan fingerprint density at radius 3 is 2.14 bits per heavy atom. The van der Waals surface area contributed by atoms with Gasteiger partial charge in [-0.3, -0.25) is 4.72 Å². The summed E-state index contributed by atoms with van der Waals surface area (Å²) in [7, 11) is -3.39. The van der Waals surface area contributed by atoms with E-state index in [1.807, 2.05) is 73.7 Å². The summed E-state index contributed by atoms with van der Waals surface area (Å²) in [5.41, 5.74) is 4.72. The third-order valence-corrected chi connectivity index (χ3v) is 8.30. The van der Waals surface area contributed by atoms with Crippen LogP contribution in [-0.4, -0.2) is 21.3 Å².